The maximum Gasteiger partial charge on any atom is 0.337 e. The summed E-state index contributed by atoms with van der Waals surface area (Å²) >= 11 is 0. The van der Waals surface area contributed by atoms with Crippen molar-refractivity contribution in [3.63, 3.8) is 0 Å². The molecule has 1 amide bonds. The predicted molar refractivity (Wildman–Crippen MR) is 87.7 cm³/mol. The molecule has 1 aromatic carbocycles. The summed E-state index contributed by atoms with van der Waals surface area (Å²) in [6.45, 7) is 1.61. The van der Waals surface area contributed by atoms with Gasteiger partial charge in [-0.15, -0.1) is 0 Å². The molecule has 1 aromatic rings. The van der Waals surface area contributed by atoms with Crippen molar-refractivity contribution in [2.45, 2.75) is 25.5 Å². The fourth-order valence-electron chi connectivity index (χ4n) is 2.59. The Balaban J connectivity index is 1.97. The first-order valence-electron chi connectivity index (χ1n) is 7.55. The first-order valence-corrected chi connectivity index (χ1v) is 9.38. The van der Waals surface area contributed by atoms with Gasteiger partial charge < -0.3 is 14.4 Å². The monoisotopic (exact) mass is 355 g/mol. The minimum atomic E-state index is -3.05. The number of likely N-dealkylation sites (N-methyl/N-ethyl adjacent to an activating group) is 1. The van der Waals surface area contributed by atoms with Crippen LogP contribution in [0.15, 0.2) is 24.3 Å². The van der Waals surface area contributed by atoms with Crippen molar-refractivity contribution >= 4 is 21.7 Å². The number of sulfone groups is 1. The summed E-state index contributed by atoms with van der Waals surface area (Å²) < 4.78 is 33.3. The number of benzene rings is 1. The van der Waals surface area contributed by atoms with Crippen molar-refractivity contribution < 1.29 is 27.5 Å². The zero-order valence-electron chi connectivity index (χ0n) is 13.9. The summed E-state index contributed by atoms with van der Waals surface area (Å²) in [5, 5.41) is 0. The quantitative estimate of drug-likeness (QED) is 0.729. The molecule has 132 valence electrons. The SMILES string of the molecule is COC(=O)c1ccc(O[C@@H](C)C(=O)N(C)[C@H]2CCS(=O)(=O)C2)cc1. The normalized spacial score (nSPS) is 20.2. The highest BCUT2D eigenvalue weighted by molar-refractivity contribution is 7.91. The van der Waals surface area contributed by atoms with E-state index in [4.69, 9.17) is 4.74 Å². The fraction of sp³-hybridized carbons (Fsp3) is 0.500. The highest BCUT2D eigenvalue weighted by Gasteiger charge is 2.34. The van der Waals surface area contributed by atoms with Gasteiger partial charge in [0, 0.05) is 13.1 Å². The van der Waals surface area contributed by atoms with E-state index in [1.807, 2.05) is 0 Å². The molecule has 0 unspecified atom stereocenters. The molecule has 1 heterocycles. The van der Waals surface area contributed by atoms with Gasteiger partial charge in [-0.1, -0.05) is 0 Å². The molecule has 2 atom stereocenters. The third-order valence-electron chi connectivity index (χ3n) is 4.04. The Morgan fingerprint density at radius 2 is 1.88 bits per heavy atom. The third-order valence-corrected chi connectivity index (χ3v) is 5.79. The molecule has 7 nitrogen and oxygen atoms in total. The summed E-state index contributed by atoms with van der Waals surface area (Å²) in [7, 11) is -0.163. The lowest BCUT2D eigenvalue weighted by molar-refractivity contribution is -0.138. The number of amides is 1. The van der Waals surface area contributed by atoms with E-state index in [1.165, 1.54) is 12.0 Å². The molecule has 1 fully saturated rings. The molecular formula is C16H21NO6S. The molecule has 1 aliphatic heterocycles. The molecule has 0 aromatic heterocycles. The summed E-state index contributed by atoms with van der Waals surface area (Å²) in [5.41, 5.74) is 0.386. The van der Waals surface area contributed by atoms with Crippen LogP contribution in [0.2, 0.25) is 0 Å². The van der Waals surface area contributed by atoms with Gasteiger partial charge in [0.25, 0.3) is 5.91 Å². The maximum atomic E-state index is 12.4. The second-order valence-electron chi connectivity index (χ2n) is 5.78. The van der Waals surface area contributed by atoms with Crippen LogP contribution in [-0.2, 0) is 19.4 Å². The molecule has 1 aliphatic rings. The van der Waals surface area contributed by atoms with E-state index in [9.17, 15) is 18.0 Å². The summed E-state index contributed by atoms with van der Waals surface area (Å²) in [4.78, 5) is 25.2. The molecule has 1 saturated heterocycles. The third kappa shape index (κ3) is 4.25. The van der Waals surface area contributed by atoms with Crippen molar-refractivity contribution in [2.24, 2.45) is 0 Å². The van der Waals surface area contributed by atoms with Crippen LogP contribution in [0.4, 0.5) is 0 Å². The van der Waals surface area contributed by atoms with Gasteiger partial charge in [-0.25, -0.2) is 13.2 Å². The van der Waals surface area contributed by atoms with Crippen LogP contribution in [0, 0.1) is 0 Å². The van der Waals surface area contributed by atoms with E-state index in [-0.39, 0.29) is 23.5 Å². The number of nitrogens with zero attached hydrogens (tertiary/aromatic N) is 1. The molecule has 24 heavy (non-hydrogen) atoms. The molecule has 0 bridgehead atoms. The number of carbonyl (C=O) groups is 2. The lowest BCUT2D eigenvalue weighted by atomic mass is 10.2. The van der Waals surface area contributed by atoms with E-state index in [1.54, 1.807) is 38.2 Å². The van der Waals surface area contributed by atoms with E-state index in [0.717, 1.165) is 0 Å². The second-order valence-corrected chi connectivity index (χ2v) is 8.01. The maximum absolute atomic E-state index is 12.4. The Kier molecular flexibility index (Phi) is 5.48. The number of carbonyl (C=O) groups excluding carboxylic acids is 2. The minimum Gasteiger partial charge on any atom is -0.481 e. The average molecular weight is 355 g/mol. The first-order chi connectivity index (χ1) is 11.2. The Bertz CT molecular complexity index is 713. The van der Waals surface area contributed by atoms with Crippen molar-refractivity contribution in [3.05, 3.63) is 29.8 Å². The number of ether oxygens (including phenoxy) is 2. The fourth-order valence-corrected chi connectivity index (χ4v) is 4.36. The summed E-state index contributed by atoms with van der Waals surface area (Å²) in [6.07, 6.45) is -0.312. The Morgan fingerprint density at radius 3 is 2.38 bits per heavy atom. The molecule has 0 aliphatic carbocycles. The van der Waals surface area contributed by atoms with Crippen LogP contribution in [0.3, 0.4) is 0 Å². The van der Waals surface area contributed by atoms with Gasteiger partial charge in [-0.05, 0) is 37.6 Å². The average Bonchev–Trinajstić information content (AvgIpc) is 2.93. The highest BCUT2D eigenvalue weighted by Crippen LogP contribution is 2.19. The second kappa shape index (κ2) is 7.21. The van der Waals surface area contributed by atoms with Gasteiger partial charge >= 0.3 is 5.97 Å². The van der Waals surface area contributed by atoms with Crippen LogP contribution in [0.1, 0.15) is 23.7 Å². The lowest BCUT2D eigenvalue weighted by Gasteiger charge is -2.26. The summed E-state index contributed by atoms with van der Waals surface area (Å²) in [6, 6.07) is 5.94. The van der Waals surface area contributed by atoms with E-state index >= 15 is 0 Å². The van der Waals surface area contributed by atoms with E-state index < -0.39 is 21.9 Å². The molecule has 0 radical (unpaired) electrons. The van der Waals surface area contributed by atoms with Gasteiger partial charge in [0.2, 0.25) is 0 Å². The van der Waals surface area contributed by atoms with Gasteiger partial charge in [0.1, 0.15) is 5.75 Å². The molecule has 8 heteroatoms. The van der Waals surface area contributed by atoms with Crippen LogP contribution in [0.5, 0.6) is 5.75 Å². The van der Waals surface area contributed by atoms with Gasteiger partial charge in [0.05, 0.1) is 24.2 Å². The van der Waals surface area contributed by atoms with Crippen LogP contribution in [0.25, 0.3) is 0 Å². The Labute approximate surface area is 141 Å². The van der Waals surface area contributed by atoms with Gasteiger partial charge in [0.15, 0.2) is 15.9 Å². The standard InChI is InChI=1S/C16H21NO6S/c1-11(15(18)17(2)13-8-9-24(20,21)10-13)23-14-6-4-12(5-7-14)16(19)22-3/h4-7,11,13H,8-10H2,1-3H3/t11-,13-/m0/s1. The zero-order chi connectivity index (χ0) is 17.9. The topological polar surface area (TPSA) is 90.0 Å². The van der Waals surface area contributed by atoms with Gasteiger partial charge in [-0.3, -0.25) is 4.79 Å². The molecule has 0 spiro atoms. The Morgan fingerprint density at radius 1 is 1.25 bits per heavy atom. The smallest absolute Gasteiger partial charge is 0.337 e. The molecule has 0 N–H and O–H groups in total. The zero-order valence-corrected chi connectivity index (χ0v) is 14.7. The van der Waals surface area contributed by atoms with Crippen LogP contribution < -0.4 is 4.74 Å². The van der Waals surface area contributed by atoms with Crippen molar-refractivity contribution in [1.29, 1.82) is 0 Å². The Hall–Kier alpha value is -2.09. The van der Waals surface area contributed by atoms with Crippen molar-refractivity contribution in [2.75, 3.05) is 25.7 Å². The lowest BCUT2D eigenvalue weighted by Crippen LogP contribution is -2.44. The number of esters is 1. The molecule has 2 rings (SSSR count). The first kappa shape index (κ1) is 18.3. The van der Waals surface area contributed by atoms with E-state index in [0.29, 0.717) is 17.7 Å². The van der Waals surface area contributed by atoms with Gasteiger partial charge in [-0.2, -0.15) is 0 Å². The summed E-state index contributed by atoms with van der Waals surface area (Å²) in [5.74, 6) is -0.187. The molecular weight excluding hydrogens is 334 g/mol. The largest absolute Gasteiger partial charge is 0.481 e. The number of hydrogen-bond donors (Lipinski definition) is 0. The number of hydrogen-bond acceptors (Lipinski definition) is 6. The highest BCUT2D eigenvalue weighted by atomic mass is 32.2. The van der Waals surface area contributed by atoms with Crippen LogP contribution in [-0.4, -0.2) is 63.0 Å². The van der Waals surface area contributed by atoms with Crippen LogP contribution >= 0.6 is 0 Å². The van der Waals surface area contributed by atoms with Crippen molar-refractivity contribution in [1.82, 2.24) is 4.90 Å². The molecule has 0 saturated carbocycles. The minimum absolute atomic E-state index is 0.00418. The number of methoxy groups -OCH3 is 1. The van der Waals surface area contributed by atoms with E-state index in [2.05, 4.69) is 4.74 Å². The predicted octanol–water partition coefficient (Wildman–Crippen LogP) is 0.886. The van der Waals surface area contributed by atoms with Crippen molar-refractivity contribution in [3.8, 4) is 5.75 Å². The number of rotatable bonds is 5.